The number of allylic oxidation sites excluding steroid dienone is 8. The topological polar surface area (TPSA) is 0 Å². The number of hydrogen-bond donors (Lipinski definition) is 0. The van der Waals surface area contributed by atoms with Crippen molar-refractivity contribution in [2.45, 2.75) is 12.8 Å². The van der Waals surface area contributed by atoms with Gasteiger partial charge in [-0.3, -0.25) is 0 Å². The molecule has 0 radical (unpaired) electrons. The summed E-state index contributed by atoms with van der Waals surface area (Å²) < 4.78 is 0. The smallest absolute Gasteiger partial charge is 0 e. The first-order valence-electron chi connectivity index (χ1n) is 4.01. The predicted octanol–water partition coefficient (Wildman–Crippen LogP) is 3.38. The maximum Gasteiger partial charge on any atom is 0 e. The van der Waals surface area contributed by atoms with Crippen molar-refractivity contribution in [1.29, 1.82) is 0 Å². The van der Waals surface area contributed by atoms with E-state index in [1.165, 1.54) is 11.1 Å². The Balaban J connectivity index is 0.000000720. The zero-order valence-electron chi connectivity index (χ0n) is 7.36. The summed E-state index contributed by atoms with van der Waals surface area (Å²) in [4.78, 5) is 0. The summed E-state index contributed by atoms with van der Waals surface area (Å²) in [6, 6.07) is 0. The zero-order valence-corrected chi connectivity index (χ0v) is 10.6. The zero-order chi connectivity index (χ0) is 7.52. The molecule has 0 aromatic rings. The Bertz CT molecular complexity index is 244. The third-order valence-corrected chi connectivity index (χ3v) is 1.97. The van der Waals surface area contributed by atoms with Gasteiger partial charge in [-0.05, 0) is 12.8 Å². The maximum absolute atomic E-state index is 2.28. The van der Waals surface area contributed by atoms with Gasteiger partial charge in [0.05, 0.1) is 0 Å². The van der Waals surface area contributed by atoms with Gasteiger partial charge in [-0.25, -0.2) is 0 Å². The average molecular weight is 271 g/mol. The number of halogens is 1. The van der Waals surface area contributed by atoms with Gasteiger partial charge in [-0.1, -0.05) is 12.2 Å². The molecule has 0 N–H and O–H groups in total. The van der Waals surface area contributed by atoms with Crippen LogP contribution in [0, 0.1) is 6.42 Å². The fourth-order valence-corrected chi connectivity index (χ4v) is 1.38. The molecule has 0 amide bonds. The predicted molar refractivity (Wildman–Crippen MR) is 55.2 cm³/mol. The molecule has 0 atom stereocenters. The van der Waals surface area contributed by atoms with E-state index in [0.29, 0.717) is 0 Å². The van der Waals surface area contributed by atoms with E-state index in [9.17, 15) is 0 Å². The average Bonchev–Trinajstić information content (AvgIpc) is 2.60. The van der Waals surface area contributed by atoms with E-state index in [1.807, 2.05) is 0 Å². The van der Waals surface area contributed by atoms with E-state index in [0.717, 1.165) is 12.8 Å². The molecule has 0 aromatic heterocycles. The van der Waals surface area contributed by atoms with Crippen LogP contribution >= 0.6 is 12.4 Å². The van der Waals surface area contributed by atoms with Gasteiger partial charge in [0, 0.05) is 26.2 Å². The molecule has 0 aromatic carbocycles. The Morgan fingerprint density at radius 2 is 1.38 bits per heavy atom. The minimum atomic E-state index is 0. The number of rotatable bonds is 2. The Labute approximate surface area is 105 Å². The van der Waals surface area contributed by atoms with E-state index in [1.54, 1.807) is 0 Å². The van der Waals surface area contributed by atoms with Gasteiger partial charge in [0.2, 0.25) is 0 Å². The van der Waals surface area contributed by atoms with Crippen LogP contribution in [-0.2, 0) is 26.2 Å². The standard InChI is InChI=1S/C11H11.ClH.Zr/c1-2-6-10(5-1)9-11-7-3-4-8-11;;/h1-5,7,9H,6,8H2;1H;/q-1;;. The SMILES string of the molecule is C1=CCC([CH-]C2=CC=CC2)=C1.Cl.[Zr]. The largest absolute Gasteiger partial charge is 0.163 e. The van der Waals surface area contributed by atoms with Crippen molar-refractivity contribution in [1.82, 2.24) is 0 Å². The summed E-state index contributed by atoms with van der Waals surface area (Å²) in [5, 5.41) is 0. The molecule has 2 aliphatic rings. The molecule has 2 aliphatic carbocycles. The molecule has 13 heavy (non-hydrogen) atoms. The molecule has 0 heterocycles. The van der Waals surface area contributed by atoms with Crippen LogP contribution in [0.25, 0.3) is 0 Å². The molecular weight excluding hydrogens is 259 g/mol. The van der Waals surface area contributed by atoms with Crippen LogP contribution in [0.15, 0.2) is 47.6 Å². The van der Waals surface area contributed by atoms with Crippen LogP contribution in [0.2, 0.25) is 0 Å². The summed E-state index contributed by atoms with van der Waals surface area (Å²) in [6.45, 7) is 0. The Morgan fingerprint density at radius 1 is 0.923 bits per heavy atom. The van der Waals surface area contributed by atoms with Crippen LogP contribution in [0.4, 0.5) is 0 Å². The van der Waals surface area contributed by atoms with E-state index >= 15 is 0 Å². The van der Waals surface area contributed by atoms with Crippen molar-refractivity contribution >= 4 is 12.4 Å². The third-order valence-electron chi connectivity index (χ3n) is 1.97. The van der Waals surface area contributed by atoms with E-state index in [4.69, 9.17) is 0 Å². The van der Waals surface area contributed by atoms with Crippen LogP contribution in [0.1, 0.15) is 12.8 Å². The van der Waals surface area contributed by atoms with Crippen molar-refractivity contribution in [3.05, 3.63) is 54.0 Å². The second-order valence-electron chi connectivity index (χ2n) is 2.89. The minimum absolute atomic E-state index is 0. The van der Waals surface area contributed by atoms with Gasteiger partial charge >= 0.3 is 0 Å². The Kier molecular flexibility index (Phi) is 6.46. The van der Waals surface area contributed by atoms with Gasteiger partial charge in [0.1, 0.15) is 0 Å². The maximum atomic E-state index is 2.28. The molecule has 0 nitrogen and oxygen atoms in total. The van der Waals surface area contributed by atoms with E-state index in [2.05, 4.69) is 42.9 Å². The summed E-state index contributed by atoms with van der Waals surface area (Å²) in [5.74, 6) is 0. The Morgan fingerprint density at radius 3 is 1.69 bits per heavy atom. The molecule has 0 bridgehead atoms. The van der Waals surface area contributed by atoms with Crippen molar-refractivity contribution in [2.75, 3.05) is 0 Å². The van der Waals surface area contributed by atoms with Gasteiger partial charge in [-0.15, -0.1) is 24.6 Å². The van der Waals surface area contributed by atoms with Crippen LogP contribution in [-0.4, -0.2) is 0 Å². The monoisotopic (exact) mass is 269 g/mol. The fourth-order valence-electron chi connectivity index (χ4n) is 1.38. The normalized spacial score (nSPS) is 17.2. The summed E-state index contributed by atoms with van der Waals surface area (Å²) in [6.07, 6.45) is 17.5. The van der Waals surface area contributed by atoms with E-state index in [-0.39, 0.29) is 38.6 Å². The van der Waals surface area contributed by atoms with Gasteiger partial charge in [0.15, 0.2) is 0 Å². The second kappa shape index (κ2) is 6.46. The summed E-state index contributed by atoms with van der Waals surface area (Å²) in [5.41, 5.74) is 2.86. The van der Waals surface area contributed by atoms with Crippen molar-refractivity contribution < 1.29 is 26.2 Å². The molecule has 2 heteroatoms. The third kappa shape index (κ3) is 3.71. The molecule has 0 saturated heterocycles. The van der Waals surface area contributed by atoms with Gasteiger partial charge in [-0.2, -0.15) is 29.7 Å². The van der Waals surface area contributed by atoms with Crippen LogP contribution in [0.3, 0.4) is 0 Å². The Hall–Kier alpha value is 0.00312. The first kappa shape index (κ1) is 13.0. The molecule has 2 rings (SSSR count). The van der Waals surface area contributed by atoms with Gasteiger partial charge < -0.3 is 0 Å². The van der Waals surface area contributed by atoms with Crippen molar-refractivity contribution in [3.8, 4) is 0 Å². The molecule has 68 valence electrons. The first-order chi connectivity index (χ1) is 5.45. The molecular formula is C11H12ClZr-. The fraction of sp³-hybridized carbons (Fsp3) is 0.182. The second-order valence-corrected chi connectivity index (χ2v) is 2.89. The minimum Gasteiger partial charge on any atom is -0.163 e. The van der Waals surface area contributed by atoms with Crippen molar-refractivity contribution in [2.24, 2.45) is 0 Å². The molecule has 0 fully saturated rings. The van der Waals surface area contributed by atoms with Crippen molar-refractivity contribution in [3.63, 3.8) is 0 Å². The summed E-state index contributed by atoms with van der Waals surface area (Å²) >= 11 is 0. The first-order valence-corrected chi connectivity index (χ1v) is 4.01. The molecule has 0 spiro atoms. The van der Waals surface area contributed by atoms with Crippen LogP contribution in [0.5, 0.6) is 0 Å². The quantitative estimate of drug-likeness (QED) is 0.675. The molecule has 0 saturated carbocycles. The van der Waals surface area contributed by atoms with Gasteiger partial charge in [0.25, 0.3) is 0 Å². The van der Waals surface area contributed by atoms with Crippen LogP contribution < -0.4 is 0 Å². The molecule has 0 unspecified atom stereocenters. The molecule has 0 aliphatic heterocycles. The van der Waals surface area contributed by atoms with E-state index < -0.39 is 0 Å². The summed E-state index contributed by atoms with van der Waals surface area (Å²) in [7, 11) is 0. The number of hydrogen-bond acceptors (Lipinski definition) is 0.